The van der Waals surface area contributed by atoms with Gasteiger partial charge in [0.05, 0.1) is 6.61 Å². The van der Waals surface area contributed by atoms with E-state index in [2.05, 4.69) is 5.32 Å². The zero-order chi connectivity index (χ0) is 17.7. The molecule has 3 rings (SSSR count). The Kier molecular flexibility index (Phi) is 5.03. The van der Waals surface area contributed by atoms with E-state index in [1.54, 1.807) is 24.3 Å². The molecular formula is C21H21NO3. The molecule has 0 saturated heterocycles. The summed E-state index contributed by atoms with van der Waals surface area (Å²) < 4.78 is 0. The first-order valence-corrected chi connectivity index (χ1v) is 8.18. The van der Waals surface area contributed by atoms with Gasteiger partial charge in [-0.1, -0.05) is 66.7 Å². The highest BCUT2D eigenvalue weighted by Gasteiger charge is 2.39. The van der Waals surface area contributed by atoms with Crippen LogP contribution in [0.2, 0.25) is 0 Å². The normalized spacial score (nSPS) is 11.4. The van der Waals surface area contributed by atoms with Gasteiger partial charge in [-0.2, -0.15) is 0 Å². The van der Waals surface area contributed by atoms with E-state index in [1.807, 2.05) is 54.6 Å². The van der Waals surface area contributed by atoms with E-state index < -0.39 is 5.54 Å². The van der Waals surface area contributed by atoms with Gasteiger partial charge in [-0.3, -0.25) is 5.32 Å². The second-order valence-corrected chi connectivity index (χ2v) is 5.80. The second kappa shape index (κ2) is 7.38. The van der Waals surface area contributed by atoms with Gasteiger partial charge in [-0.15, -0.1) is 0 Å². The van der Waals surface area contributed by atoms with Gasteiger partial charge < -0.3 is 15.3 Å². The lowest BCUT2D eigenvalue weighted by atomic mass is 9.76. The average molecular weight is 335 g/mol. The molecule has 0 bridgehead atoms. The van der Waals surface area contributed by atoms with Gasteiger partial charge in [0.25, 0.3) is 0 Å². The van der Waals surface area contributed by atoms with Crippen LogP contribution in [0.25, 0.3) is 0 Å². The Hall–Kier alpha value is -2.82. The van der Waals surface area contributed by atoms with Crippen LogP contribution in [0, 0.1) is 0 Å². The molecule has 4 heteroatoms. The van der Waals surface area contributed by atoms with Crippen molar-refractivity contribution in [2.75, 3.05) is 13.2 Å². The van der Waals surface area contributed by atoms with Crippen LogP contribution in [0.4, 0.5) is 0 Å². The number of aliphatic hydroxyl groups is 1. The number of rotatable bonds is 6. The summed E-state index contributed by atoms with van der Waals surface area (Å²) in [5.41, 5.74) is 1.07. The van der Waals surface area contributed by atoms with Crippen LogP contribution >= 0.6 is 0 Å². The fraction of sp³-hybridized carbons (Fsp3) is 0.143. The lowest BCUT2D eigenvalue weighted by Crippen LogP contribution is -2.46. The number of phenolic OH excluding ortho intramolecular Hbond substituents is 2. The predicted octanol–water partition coefficient (Wildman–Crippen LogP) is 2.97. The largest absolute Gasteiger partial charge is 0.508 e. The molecule has 0 spiro atoms. The van der Waals surface area contributed by atoms with Crippen molar-refractivity contribution in [1.82, 2.24) is 5.32 Å². The minimum Gasteiger partial charge on any atom is -0.508 e. The van der Waals surface area contributed by atoms with Gasteiger partial charge >= 0.3 is 0 Å². The zero-order valence-electron chi connectivity index (χ0n) is 13.8. The first-order chi connectivity index (χ1) is 12.2. The Balaban J connectivity index is 2.36. The Morgan fingerprint density at radius 3 is 1.64 bits per heavy atom. The summed E-state index contributed by atoms with van der Waals surface area (Å²) in [5, 5.41) is 33.9. The first-order valence-electron chi connectivity index (χ1n) is 8.18. The van der Waals surface area contributed by atoms with E-state index in [9.17, 15) is 15.3 Å². The van der Waals surface area contributed by atoms with Gasteiger partial charge in [0, 0.05) is 17.7 Å². The molecule has 0 saturated carbocycles. The summed E-state index contributed by atoms with van der Waals surface area (Å²) >= 11 is 0. The van der Waals surface area contributed by atoms with Gasteiger partial charge in [-0.25, -0.2) is 0 Å². The molecule has 0 heterocycles. The Morgan fingerprint density at radius 1 is 0.680 bits per heavy atom. The molecule has 0 aromatic heterocycles. The van der Waals surface area contributed by atoms with Crippen molar-refractivity contribution in [2.45, 2.75) is 5.54 Å². The van der Waals surface area contributed by atoms with Crippen molar-refractivity contribution in [3.63, 3.8) is 0 Å². The van der Waals surface area contributed by atoms with Crippen molar-refractivity contribution in [3.8, 4) is 11.5 Å². The lowest BCUT2D eigenvalue weighted by molar-refractivity contribution is 0.274. The number of benzene rings is 3. The number of nitrogens with one attached hydrogen (secondary N) is 1. The molecule has 3 aromatic carbocycles. The maximum absolute atomic E-state index is 10.6. The molecule has 4 N–H and O–H groups in total. The van der Waals surface area contributed by atoms with Crippen LogP contribution in [0.3, 0.4) is 0 Å². The van der Waals surface area contributed by atoms with Crippen LogP contribution in [-0.4, -0.2) is 28.5 Å². The molecule has 128 valence electrons. The van der Waals surface area contributed by atoms with Crippen molar-refractivity contribution in [3.05, 3.63) is 95.6 Å². The van der Waals surface area contributed by atoms with E-state index in [1.165, 1.54) is 0 Å². The fourth-order valence-electron chi connectivity index (χ4n) is 3.26. The predicted molar refractivity (Wildman–Crippen MR) is 97.6 cm³/mol. The number of hydrogen-bond donors (Lipinski definition) is 4. The number of aliphatic hydroxyl groups excluding tert-OH is 1. The molecule has 0 amide bonds. The van der Waals surface area contributed by atoms with Crippen LogP contribution in [0.1, 0.15) is 16.7 Å². The summed E-state index contributed by atoms with van der Waals surface area (Å²) in [7, 11) is 0. The number of phenols is 2. The third kappa shape index (κ3) is 3.09. The minimum absolute atomic E-state index is 0.0736. The molecule has 0 fully saturated rings. The van der Waals surface area contributed by atoms with Crippen LogP contribution in [0.15, 0.2) is 78.9 Å². The van der Waals surface area contributed by atoms with Crippen LogP contribution in [-0.2, 0) is 5.54 Å². The molecule has 0 unspecified atom stereocenters. The van der Waals surface area contributed by atoms with Gasteiger partial charge in [0.1, 0.15) is 17.0 Å². The maximum Gasteiger partial charge on any atom is 0.121 e. The molecular weight excluding hydrogens is 314 g/mol. The Morgan fingerprint density at radius 2 is 1.16 bits per heavy atom. The summed E-state index contributed by atoms with van der Waals surface area (Å²) in [4.78, 5) is 0. The molecule has 0 radical (unpaired) electrons. The molecule has 0 atom stereocenters. The summed E-state index contributed by atoms with van der Waals surface area (Å²) in [6.07, 6.45) is 0. The summed E-state index contributed by atoms with van der Waals surface area (Å²) in [6.45, 7) is 0.216. The molecule has 25 heavy (non-hydrogen) atoms. The average Bonchev–Trinajstić information content (AvgIpc) is 2.65. The summed E-state index contributed by atoms with van der Waals surface area (Å²) in [6, 6.07) is 23.7. The Labute approximate surface area is 147 Å². The minimum atomic E-state index is -0.999. The van der Waals surface area contributed by atoms with Crippen LogP contribution < -0.4 is 5.32 Å². The standard InChI is InChI=1S/C21H21NO3/c23-15-14-22-21(16-8-2-1-3-9-16,17-10-4-6-12-19(17)24)18-11-5-7-13-20(18)25/h1-13,22-25H,14-15H2. The van der Waals surface area contributed by atoms with Gasteiger partial charge in [0.15, 0.2) is 0 Å². The van der Waals surface area contributed by atoms with E-state index in [0.29, 0.717) is 11.1 Å². The highest BCUT2D eigenvalue weighted by atomic mass is 16.3. The highest BCUT2D eigenvalue weighted by Crippen LogP contribution is 2.43. The first kappa shape index (κ1) is 17.0. The molecule has 0 aliphatic carbocycles. The van der Waals surface area contributed by atoms with Crippen molar-refractivity contribution < 1.29 is 15.3 Å². The molecule has 0 aliphatic rings. The SMILES string of the molecule is OCCNC(c1ccccc1)(c1ccccc1O)c1ccccc1O. The van der Waals surface area contributed by atoms with Gasteiger partial charge in [-0.05, 0) is 17.7 Å². The summed E-state index contributed by atoms with van der Waals surface area (Å²) in [5.74, 6) is 0.222. The third-order valence-electron chi connectivity index (χ3n) is 4.32. The number of para-hydroxylation sites is 2. The fourth-order valence-corrected chi connectivity index (χ4v) is 3.26. The molecule has 4 nitrogen and oxygen atoms in total. The monoisotopic (exact) mass is 335 g/mol. The van der Waals surface area contributed by atoms with E-state index in [4.69, 9.17) is 0 Å². The van der Waals surface area contributed by atoms with E-state index >= 15 is 0 Å². The van der Waals surface area contributed by atoms with E-state index in [-0.39, 0.29) is 24.7 Å². The number of aromatic hydroxyl groups is 2. The number of hydrogen-bond acceptors (Lipinski definition) is 4. The third-order valence-corrected chi connectivity index (χ3v) is 4.32. The van der Waals surface area contributed by atoms with Crippen molar-refractivity contribution >= 4 is 0 Å². The van der Waals surface area contributed by atoms with Crippen molar-refractivity contribution in [2.24, 2.45) is 0 Å². The Bertz CT molecular complexity index is 788. The molecule has 3 aromatic rings. The van der Waals surface area contributed by atoms with Crippen molar-refractivity contribution in [1.29, 1.82) is 0 Å². The van der Waals surface area contributed by atoms with E-state index in [0.717, 1.165) is 5.56 Å². The quantitative estimate of drug-likeness (QED) is 0.523. The topological polar surface area (TPSA) is 72.7 Å². The maximum atomic E-state index is 10.6. The zero-order valence-corrected chi connectivity index (χ0v) is 13.8. The highest BCUT2D eigenvalue weighted by molar-refractivity contribution is 5.57. The smallest absolute Gasteiger partial charge is 0.121 e. The second-order valence-electron chi connectivity index (χ2n) is 5.80. The van der Waals surface area contributed by atoms with Gasteiger partial charge in [0.2, 0.25) is 0 Å². The lowest BCUT2D eigenvalue weighted by Gasteiger charge is -2.37. The molecule has 0 aliphatic heterocycles. The van der Waals surface area contributed by atoms with Crippen LogP contribution in [0.5, 0.6) is 11.5 Å².